The van der Waals surface area contributed by atoms with Crippen LogP contribution >= 0.6 is 0 Å². The maximum atomic E-state index is 12.7. The van der Waals surface area contributed by atoms with Crippen LogP contribution in [0.1, 0.15) is 0 Å². The Bertz CT molecular complexity index is 937. The summed E-state index contributed by atoms with van der Waals surface area (Å²) in [6.07, 6.45) is 0. The summed E-state index contributed by atoms with van der Waals surface area (Å²) < 4.78 is 31.3. The van der Waals surface area contributed by atoms with E-state index >= 15 is 0 Å². The molecule has 1 aliphatic heterocycles. The topological polar surface area (TPSA) is 105 Å². The van der Waals surface area contributed by atoms with Crippen LogP contribution < -0.4 is 14.9 Å². The van der Waals surface area contributed by atoms with Crippen LogP contribution in [0.3, 0.4) is 0 Å². The van der Waals surface area contributed by atoms with Gasteiger partial charge in [-0.1, -0.05) is 24.3 Å². The summed E-state index contributed by atoms with van der Waals surface area (Å²) in [6.45, 7) is 0.0651. The van der Waals surface area contributed by atoms with Crippen LogP contribution in [0.15, 0.2) is 41.3 Å². The molecule has 3 amide bonds. The number of benzene rings is 2. The molecule has 1 heterocycles. The molecule has 0 radical (unpaired) electrons. The molecule has 0 saturated carbocycles. The summed E-state index contributed by atoms with van der Waals surface area (Å²) in [5, 5.41) is 5.91. The van der Waals surface area contributed by atoms with Gasteiger partial charge in [-0.3, -0.25) is 14.4 Å². The molecule has 0 spiro atoms. The van der Waals surface area contributed by atoms with Gasteiger partial charge >= 0.3 is 6.03 Å². The van der Waals surface area contributed by atoms with Crippen molar-refractivity contribution < 1.29 is 22.7 Å². The minimum atomic E-state index is -3.83. The number of carbonyl (C=O) groups is 2. The first-order valence-electron chi connectivity index (χ1n) is 7.56. The molecule has 2 aromatic carbocycles. The van der Waals surface area contributed by atoms with Crippen molar-refractivity contribution in [2.75, 3.05) is 31.1 Å². The van der Waals surface area contributed by atoms with Crippen molar-refractivity contribution in [3.05, 3.63) is 36.4 Å². The monoisotopic (exact) mass is 363 g/mol. The summed E-state index contributed by atoms with van der Waals surface area (Å²) in [5.74, 6) is -0.719. The summed E-state index contributed by atoms with van der Waals surface area (Å²) in [5.41, 5.74) is 0.433. The van der Waals surface area contributed by atoms with Crippen LogP contribution in [-0.4, -0.2) is 47.2 Å². The number of hydrogen-bond donors (Lipinski definition) is 2. The van der Waals surface area contributed by atoms with Gasteiger partial charge in [-0.15, -0.1) is 0 Å². The third-order valence-electron chi connectivity index (χ3n) is 3.81. The van der Waals surface area contributed by atoms with Gasteiger partial charge in [0.25, 0.3) is 10.0 Å². The summed E-state index contributed by atoms with van der Waals surface area (Å²) in [6, 6.07) is 9.46. The first-order valence-corrected chi connectivity index (χ1v) is 9.00. The second-order valence-corrected chi connectivity index (χ2v) is 7.27. The van der Waals surface area contributed by atoms with Crippen molar-refractivity contribution in [3.63, 3.8) is 0 Å². The average molecular weight is 363 g/mol. The van der Waals surface area contributed by atoms with Gasteiger partial charge in [0, 0.05) is 19.0 Å². The lowest BCUT2D eigenvalue weighted by Gasteiger charge is -2.18. The Morgan fingerprint density at radius 2 is 1.88 bits per heavy atom. The molecule has 0 bridgehead atoms. The minimum absolute atomic E-state index is 0.165. The molecule has 2 N–H and O–H groups in total. The van der Waals surface area contributed by atoms with Gasteiger partial charge in [-0.25, -0.2) is 13.2 Å². The zero-order chi connectivity index (χ0) is 18.0. The molecule has 1 aliphatic rings. The van der Waals surface area contributed by atoms with E-state index in [2.05, 4.69) is 10.6 Å². The zero-order valence-corrected chi connectivity index (χ0v) is 14.3. The van der Waals surface area contributed by atoms with Crippen molar-refractivity contribution in [3.8, 4) is 0 Å². The van der Waals surface area contributed by atoms with Crippen LogP contribution in [0.2, 0.25) is 0 Å². The molecule has 3 rings (SSSR count). The predicted octanol–water partition coefficient (Wildman–Crippen LogP) is 0.821. The average Bonchev–Trinajstić information content (AvgIpc) is 2.79. The number of nitrogens with zero attached hydrogens (tertiary/aromatic N) is 1. The van der Waals surface area contributed by atoms with Crippen molar-refractivity contribution in [1.29, 1.82) is 0 Å². The number of hydrogen-bond acceptors (Lipinski definition) is 5. The molecular weight excluding hydrogens is 346 g/mol. The van der Waals surface area contributed by atoms with Crippen molar-refractivity contribution in [2.45, 2.75) is 4.90 Å². The lowest BCUT2D eigenvalue weighted by atomic mass is 10.1. The first-order chi connectivity index (χ1) is 11.9. The Labute approximate surface area is 144 Å². The van der Waals surface area contributed by atoms with Crippen LogP contribution in [0.25, 0.3) is 10.8 Å². The number of amides is 3. The SMILES string of the molecule is COCCNC(=O)NC(=O)CN1c2cccc3cccc(c23)S1(=O)=O. The van der Waals surface area contributed by atoms with Crippen LogP contribution in [0.5, 0.6) is 0 Å². The molecule has 0 atom stereocenters. The summed E-state index contributed by atoms with van der Waals surface area (Å²) >= 11 is 0. The highest BCUT2D eigenvalue weighted by molar-refractivity contribution is 7.93. The highest BCUT2D eigenvalue weighted by Crippen LogP contribution is 2.41. The second kappa shape index (κ2) is 6.69. The van der Waals surface area contributed by atoms with E-state index in [4.69, 9.17) is 4.74 Å². The molecule has 0 saturated heterocycles. The number of rotatable bonds is 5. The molecule has 8 nitrogen and oxygen atoms in total. The number of ether oxygens (including phenoxy) is 1. The number of anilines is 1. The Hall–Kier alpha value is -2.65. The molecule has 0 fully saturated rings. The quantitative estimate of drug-likeness (QED) is 0.766. The molecule has 0 aromatic heterocycles. The second-order valence-electron chi connectivity index (χ2n) is 5.44. The summed E-state index contributed by atoms with van der Waals surface area (Å²) in [7, 11) is -2.34. The van der Waals surface area contributed by atoms with Gasteiger partial charge in [0.05, 0.1) is 17.2 Å². The van der Waals surface area contributed by atoms with E-state index in [-0.39, 0.29) is 11.4 Å². The van der Waals surface area contributed by atoms with Gasteiger partial charge in [0.1, 0.15) is 6.54 Å². The number of nitrogens with one attached hydrogen (secondary N) is 2. The number of carbonyl (C=O) groups excluding carboxylic acids is 2. The van der Waals surface area contributed by atoms with Gasteiger partial charge < -0.3 is 10.1 Å². The predicted molar refractivity (Wildman–Crippen MR) is 91.9 cm³/mol. The zero-order valence-electron chi connectivity index (χ0n) is 13.5. The number of imide groups is 1. The Morgan fingerprint density at radius 3 is 2.60 bits per heavy atom. The molecule has 9 heteroatoms. The molecular formula is C16H17N3O5S. The van der Waals surface area contributed by atoms with E-state index in [0.717, 1.165) is 9.69 Å². The highest BCUT2D eigenvalue weighted by atomic mass is 32.2. The van der Waals surface area contributed by atoms with E-state index in [9.17, 15) is 18.0 Å². The maximum Gasteiger partial charge on any atom is 0.321 e. The normalized spacial score (nSPS) is 14.5. The lowest BCUT2D eigenvalue weighted by molar-refractivity contribution is -0.118. The Balaban J connectivity index is 1.79. The van der Waals surface area contributed by atoms with Gasteiger partial charge in [0.2, 0.25) is 5.91 Å². The molecule has 0 aliphatic carbocycles. The van der Waals surface area contributed by atoms with Crippen molar-refractivity contribution in [2.24, 2.45) is 0 Å². The molecule has 2 aromatic rings. The fourth-order valence-corrected chi connectivity index (χ4v) is 4.40. The Morgan fingerprint density at radius 1 is 1.16 bits per heavy atom. The largest absolute Gasteiger partial charge is 0.383 e. The van der Waals surface area contributed by atoms with Gasteiger partial charge in [-0.05, 0) is 17.5 Å². The van der Waals surface area contributed by atoms with Crippen LogP contribution in [-0.2, 0) is 19.6 Å². The van der Waals surface area contributed by atoms with E-state index in [1.54, 1.807) is 18.2 Å². The van der Waals surface area contributed by atoms with E-state index in [1.807, 2.05) is 12.1 Å². The van der Waals surface area contributed by atoms with Gasteiger partial charge in [-0.2, -0.15) is 0 Å². The third kappa shape index (κ3) is 3.15. The van der Waals surface area contributed by atoms with Crippen molar-refractivity contribution in [1.82, 2.24) is 10.6 Å². The molecule has 25 heavy (non-hydrogen) atoms. The van der Waals surface area contributed by atoms with Crippen LogP contribution in [0.4, 0.5) is 10.5 Å². The van der Waals surface area contributed by atoms with E-state index < -0.39 is 28.5 Å². The van der Waals surface area contributed by atoms with Gasteiger partial charge in [0.15, 0.2) is 0 Å². The lowest BCUT2D eigenvalue weighted by Crippen LogP contribution is -2.45. The Kier molecular flexibility index (Phi) is 4.60. The third-order valence-corrected chi connectivity index (χ3v) is 5.62. The number of methoxy groups -OCH3 is 1. The standard InChI is InChI=1S/C16H17N3O5S/c1-24-9-8-17-16(21)18-14(20)10-19-12-6-2-4-11-5-3-7-13(15(11)12)25(19,22)23/h2-7H,8-10H2,1H3,(H2,17,18,20,21). The fourth-order valence-electron chi connectivity index (χ4n) is 2.74. The van der Waals surface area contributed by atoms with Crippen LogP contribution in [0, 0.1) is 0 Å². The highest BCUT2D eigenvalue weighted by Gasteiger charge is 2.36. The minimum Gasteiger partial charge on any atom is -0.383 e. The summed E-state index contributed by atoms with van der Waals surface area (Å²) in [4.78, 5) is 23.9. The maximum absolute atomic E-state index is 12.7. The molecule has 0 unspecified atom stereocenters. The molecule has 132 valence electrons. The smallest absolute Gasteiger partial charge is 0.321 e. The fraction of sp³-hybridized carbons (Fsp3) is 0.250. The number of urea groups is 1. The first kappa shape index (κ1) is 17.2. The number of sulfonamides is 1. The van der Waals surface area contributed by atoms with E-state index in [1.165, 1.54) is 13.2 Å². The van der Waals surface area contributed by atoms with E-state index in [0.29, 0.717) is 17.7 Å². The van der Waals surface area contributed by atoms with Crippen molar-refractivity contribution >= 4 is 38.4 Å².